The predicted octanol–water partition coefficient (Wildman–Crippen LogP) is 4.79. The molecule has 4 heteroatoms. The highest BCUT2D eigenvalue weighted by Gasteiger charge is 2.13. The fraction of sp³-hybridized carbons (Fsp3) is 0.364. The van der Waals surface area contributed by atoms with Gasteiger partial charge in [-0.2, -0.15) is 0 Å². The summed E-state index contributed by atoms with van der Waals surface area (Å²) in [5, 5.41) is 0. The van der Waals surface area contributed by atoms with E-state index in [-0.39, 0.29) is 12.4 Å². The molecule has 2 aromatic carbocycles. The third-order valence-electron chi connectivity index (χ3n) is 4.65. The fourth-order valence-corrected chi connectivity index (χ4v) is 2.58. The van der Waals surface area contributed by atoms with E-state index in [1.165, 1.54) is 0 Å². The van der Waals surface area contributed by atoms with Gasteiger partial charge in [-0.1, -0.05) is 12.1 Å². The van der Waals surface area contributed by atoms with E-state index >= 15 is 0 Å². The Kier molecular flexibility index (Phi) is 6.56. The van der Waals surface area contributed by atoms with Gasteiger partial charge in [0.05, 0.1) is 12.0 Å². The van der Waals surface area contributed by atoms with Gasteiger partial charge in [0.1, 0.15) is 5.75 Å². The number of Topliss-reactive ketones (excluding diaryl/α,β-unsaturated/α-hetero) is 1. The summed E-state index contributed by atoms with van der Waals surface area (Å²) in [5.74, 6) is 0.740. The van der Waals surface area contributed by atoms with Crippen LogP contribution >= 0.6 is 0 Å². The molecule has 2 aromatic rings. The highest BCUT2D eigenvalue weighted by atomic mass is 16.5. The second-order valence-corrected chi connectivity index (χ2v) is 6.68. The summed E-state index contributed by atoms with van der Waals surface area (Å²) in [4.78, 5) is 19.2. The summed E-state index contributed by atoms with van der Waals surface area (Å²) in [7, 11) is 1.98. The maximum atomic E-state index is 12.6. The molecule has 0 aliphatic carbocycles. The molecule has 0 aromatic heterocycles. The third-order valence-corrected chi connectivity index (χ3v) is 4.65. The van der Waals surface area contributed by atoms with Crippen molar-refractivity contribution in [2.24, 2.45) is 4.99 Å². The minimum Gasteiger partial charge on any atom is -0.485 e. The summed E-state index contributed by atoms with van der Waals surface area (Å²) in [6.45, 7) is 11.0. The summed E-state index contributed by atoms with van der Waals surface area (Å²) in [5.41, 5.74) is 5.69. The molecule has 0 radical (unpaired) electrons. The Hall–Kier alpha value is -2.62. The number of aliphatic imine (C=N–C) groups is 1. The Labute approximate surface area is 156 Å². The van der Waals surface area contributed by atoms with Gasteiger partial charge in [-0.25, -0.2) is 4.99 Å². The monoisotopic (exact) mass is 352 g/mol. The minimum atomic E-state index is -0.0206. The van der Waals surface area contributed by atoms with Gasteiger partial charge in [0.25, 0.3) is 0 Å². The SMILES string of the molecule is CCN(C)C=Nc1cc(C)c(C(=O)COc2cccc(C)c2C)cc1C. The van der Waals surface area contributed by atoms with Crippen LogP contribution in [0.4, 0.5) is 5.69 Å². The van der Waals surface area contributed by atoms with E-state index in [0.717, 1.165) is 40.2 Å². The smallest absolute Gasteiger partial charge is 0.200 e. The van der Waals surface area contributed by atoms with Crippen LogP contribution in [0, 0.1) is 27.7 Å². The number of carbonyl (C=O) groups excluding carboxylic acids is 1. The van der Waals surface area contributed by atoms with Crippen molar-refractivity contribution in [3.05, 3.63) is 58.1 Å². The lowest BCUT2D eigenvalue weighted by atomic mass is 10.0. The van der Waals surface area contributed by atoms with Crippen molar-refractivity contribution in [2.75, 3.05) is 20.2 Å². The van der Waals surface area contributed by atoms with Crippen LogP contribution in [0.1, 0.15) is 39.5 Å². The molecule has 0 bridgehead atoms. The first-order chi connectivity index (χ1) is 12.3. The number of hydrogen-bond donors (Lipinski definition) is 0. The highest BCUT2D eigenvalue weighted by molar-refractivity contribution is 5.99. The number of ether oxygens (including phenoxy) is 1. The summed E-state index contributed by atoms with van der Waals surface area (Å²) < 4.78 is 5.77. The lowest BCUT2D eigenvalue weighted by molar-refractivity contribution is 0.0920. The second-order valence-electron chi connectivity index (χ2n) is 6.68. The molecule has 0 saturated carbocycles. The molecule has 0 amide bonds. The van der Waals surface area contributed by atoms with Gasteiger partial charge in [-0.3, -0.25) is 4.79 Å². The molecule has 4 nitrogen and oxygen atoms in total. The summed E-state index contributed by atoms with van der Waals surface area (Å²) >= 11 is 0. The molecule has 0 unspecified atom stereocenters. The zero-order chi connectivity index (χ0) is 19.3. The van der Waals surface area contributed by atoms with Crippen LogP contribution in [0.15, 0.2) is 35.3 Å². The number of benzene rings is 2. The van der Waals surface area contributed by atoms with Gasteiger partial charge in [0.2, 0.25) is 0 Å². The average Bonchev–Trinajstić information content (AvgIpc) is 2.62. The van der Waals surface area contributed by atoms with E-state index in [4.69, 9.17) is 4.74 Å². The number of hydrogen-bond acceptors (Lipinski definition) is 3. The highest BCUT2D eigenvalue weighted by Crippen LogP contribution is 2.25. The molecule has 0 spiro atoms. The van der Waals surface area contributed by atoms with Crippen LogP contribution in [-0.4, -0.2) is 37.2 Å². The molecule has 0 N–H and O–H groups in total. The Morgan fingerprint density at radius 2 is 1.85 bits per heavy atom. The lowest BCUT2D eigenvalue weighted by Crippen LogP contribution is -2.15. The normalized spacial score (nSPS) is 11.0. The molecule has 0 atom stereocenters. The van der Waals surface area contributed by atoms with E-state index in [1.54, 1.807) is 0 Å². The molecule has 0 heterocycles. The van der Waals surface area contributed by atoms with Gasteiger partial charge < -0.3 is 9.64 Å². The number of carbonyl (C=O) groups is 1. The van der Waals surface area contributed by atoms with Gasteiger partial charge in [-0.05, 0) is 75.1 Å². The lowest BCUT2D eigenvalue weighted by Gasteiger charge is -2.13. The summed E-state index contributed by atoms with van der Waals surface area (Å²) in [6.07, 6.45) is 1.81. The van der Waals surface area contributed by atoms with Crippen LogP contribution in [-0.2, 0) is 0 Å². The first-order valence-corrected chi connectivity index (χ1v) is 8.91. The van der Waals surface area contributed by atoms with Crippen molar-refractivity contribution in [1.29, 1.82) is 0 Å². The van der Waals surface area contributed by atoms with Crippen molar-refractivity contribution < 1.29 is 9.53 Å². The van der Waals surface area contributed by atoms with Crippen LogP contribution in [0.25, 0.3) is 0 Å². The third kappa shape index (κ3) is 4.72. The molecular weight excluding hydrogens is 324 g/mol. The Morgan fingerprint density at radius 1 is 1.12 bits per heavy atom. The van der Waals surface area contributed by atoms with Crippen molar-refractivity contribution in [1.82, 2.24) is 4.90 Å². The second kappa shape index (κ2) is 8.65. The number of ketones is 1. The van der Waals surface area contributed by atoms with Gasteiger partial charge in [-0.15, -0.1) is 0 Å². The van der Waals surface area contributed by atoms with E-state index in [1.807, 2.05) is 76.3 Å². The van der Waals surface area contributed by atoms with Crippen molar-refractivity contribution >= 4 is 17.8 Å². The molecular formula is C22H28N2O2. The van der Waals surface area contributed by atoms with E-state index < -0.39 is 0 Å². The van der Waals surface area contributed by atoms with Gasteiger partial charge in [0.15, 0.2) is 12.4 Å². The maximum Gasteiger partial charge on any atom is 0.200 e. The average molecular weight is 352 g/mol. The Bertz CT molecular complexity index is 825. The standard InChI is InChI=1S/C22H28N2O2/c1-7-24(6)14-23-20-12-16(3)19(11-17(20)4)21(25)13-26-22-10-8-9-15(2)18(22)5/h8-12,14H,7,13H2,1-6H3. The fourth-order valence-electron chi connectivity index (χ4n) is 2.58. The molecule has 0 aliphatic heterocycles. The number of nitrogens with zero attached hydrogens (tertiary/aromatic N) is 2. The number of aryl methyl sites for hydroxylation is 3. The molecule has 0 saturated heterocycles. The zero-order valence-corrected chi connectivity index (χ0v) is 16.6. The van der Waals surface area contributed by atoms with Crippen molar-refractivity contribution in [3.63, 3.8) is 0 Å². The van der Waals surface area contributed by atoms with Crippen molar-refractivity contribution in [3.8, 4) is 5.75 Å². The maximum absolute atomic E-state index is 12.6. The van der Waals surface area contributed by atoms with Crippen LogP contribution < -0.4 is 4.74 Å². The van der Waals surface area contributed by atoms with Crippen LogP contribution in [0.3, 0.4) is 0 Å². The Balaban J connectivity index is 2.15. The Morgan fingerprint density at radius 3 is 2.54 bits per heavy atom. The molecule has 0 fully saturated rings. The van der Waals surface area contributed by atoms with E-state index in [9.17, 15) is 4.79 Å². The van der Waals surface area contributed by atoms with Crippen LogP contribution in [0.5, 0.6) is 5.75 Å². The first kappa shape index (κ1) is 19.7. The molecule has 138 valence electrons. The minimum absolute atomic E-state index is 0.0206. The van der Waals surface area contributed by atoms with Gasteiger partial charge >= 0.3 is 0 Å². The molecule has 26 heavy (non-hydrogen) atoms. The topological polar surface area (TPSA) is 41.9 Å². The quantitative estimate of drug-likeness (QED) is 0.408. The molecule has 2 rings (SSSR count). The summed E-state index contributed by atoms with van der Waals surface area (Å²) in [6, 6.07) is 9.74. The van der Waals surface area contributed by atoms with Crippen molar-refractivity contribution in [2.45, 2.75) is 34.6 Å². The van der Waals surface area contributed by atoms with Gasteiger partial charge in [0, 0.05) is 19.2 Å². The van der Waals surface area contributed by atoms with Crippen LogP contribution in [0.2, 0.25) is 0 Å². The largest absolute Gasteiger partial charge is 0.485 e. The van der Waals surface area contributed by atoms with E-state index in [0.29, 0.717) is 5.56 Å². The molecule has 0 aliphatic rings. The first-order valence-electron chi connectivity index (χ1n) is 8.91. The van der Waals surface area contributed by atoms with E-state index in [2.05, 4.69) is 11.9 Å². The zero-order valence-electron chi connectivity index (χ0n) is 16.6. The number of rotatable bonds is 7. The predicted molar refractivity (Wildman–Crippen MR) is 108 cm³/mol.